The molecule has 0 unspecified atom stereocenters. The van der Waals surface area contributed by atoms with Crippen LogP contribution < -0.4 is 10.6 Å². The van der Waals surface area contributed by atoms with Crippen LogP contribution in [0, 0.1) is 0 Å². The minimum atomic E-state index is -0.0842. The van der Waals surface area contributed by atoms with E-state index >= 15 is 0 Å². The van der Waals surface area contributed by atoms with Crippen molar-refractivity contribution in [3.63, 3.8) is 0 Å². The van der Waals surface area contributed by atoms with Gasteiger partial charge in [0.25, 0.3) is 5.91 Å². The van der Waals surface area contributed by atoms with Gasteiger partial charge in [0.15, 0.2) is 0 Å². The fraction of sp³-hybridized carbons (Fsp3) is 0.333. The highest BCUT2D eigenvalue weighted by Gasteiger charge is 2.28. The second kappa shape index (κ2) is 10.1. The zero-order valence-corrected chi connectivity index (χ0v) is 19.4. The van der Waals surface area contributed by atoms with Crippen molar-refractivity contribution >= 4 is 11.8 Å². The number of allylic oxidation sites excluding steroid dienone is 4. The van der Waals surface area contributed by atoms with Gasteiger partial charge in [-0.15, -0.1) is 0 Å². The van der Waals surface area contributed by atoms with Crippen LogP contribution in [0.5, 0.6) is 0 Å². The molecular formula is C27H31N5O2. The first-order chi connectivity index (χ1) is 16.7. The van der Waals surface area contributed by atoms with Crippen molar-refractivity contribution in [2.45, 2.75) is 19.3 Å². The summed E-state index contributed by atoms with van der Waals surface area (Å²) in [7, 11) is 0. The van der Waals surface area contributed by atoms with Gasteiger partial charge < -0.3 is 15.5 Å². The molecule has 176 valence electrons. The van der Waals surface area contributed by atoms with Gasteiger partial charge in [0.1, 0.15) is 5.82 Å². The van der Waals surface area contributed by atoms with Crippen LogP contribution in [0.3, 0.4) is 0 Å². The van der Waals surface area contributed by atoms with Crippen LogP contribution in [0.25, 0.3) is 0 Å². The van der Waals surface area contributed by atoms with E-state index in [1.54, 1.807) is 0 Å². The molecule has 0 atom stereocenters. The van der Waals surface area contributed by atoms with Crippen LogP contribution in [0.2, 0.25) is 0 Å². The Labute approximate surface area is 200 Å². The van der Waals surface area contributed by atoms with Gasteiger partial charge in [-0.25, -0.2) is 0 Å². The Bertz CT molecular complexity index is 1100. The van der Waals surface area contributed by atoms with E-state index in [0.29, 0.717) is 25.2 Å². The van der Waals surface area contributed by atoms with Crippen molar-refractivity contribution in [2.24, 2.45) is 0 Å². The molecule has 7 nitrogen and oxygen atoms in total. The largest absolute Gasteiger partial charge is 0.352 e. The standard InChI is InChI=1S/C27H31N5O2/c33-26-20-30(13-5-9-21-7-2-1-3-8-21)15-16-31(26)14-6-12-28-27(34)22-17-23-10-4-11-25-29-19-24(18-22)32(23)25/h1-4,7-8,10-11,17-19,29H,5-6,9,12-16,20H2,(H,28,34). The monoisotopic (exact) mass is 457 g/mol. The number of hydrogen-bond donors (Lipinski definition) is 2. The molecule has 2 amide bonds. The van der Waals surface area contributed by atoms with Crippen molar-refractivity contribution in [1.82, 2.24) is 25.3 Å². The summed E-state index contributed by atoms with van der Waals surface area (Å²) in [5, 5.41) is 6.23. The van der Waals surface area contributed by atoms with Gasteiger partial charge in [-0.05, 0) is 55.7 Å². The lowest BCUT2D eigenvalue weighted by atomic mass is 10.1. The summed E-state index contributed by atoms with van der Waals surface area (Å²) >= 11 is 0. The van der Waals surface area contributed by atoms with Crippen molar-refractivity contribution in [2.75, 3.05) is 39.3 Å². The SMILES string of the molecule is O=C(NCCCN1CCN(CCCc2ccccc2)CC1=O)C1=CC2=CNC3=CC=CC(=C1)N23. The Hall–Kier alpha value is -3.58. The number of carbonyl (C=O) groups is 2. The molecule has 4 aliphatic heterocycles. The van der Waals surface area contributed by atoms with Crippen LogP contribution in [0.4, 0.5) is 0 Å². The van der Waals surface area contributed by atoms with Crippen molar-refractivity contribution in [3.05, 3.63) is 95.3 Å². The summed E-state index contributed by atoms with van der Waals surface area (Å²) in [6.07, 6.45) is 14.5. The molecule has 7 heteroatoms. The molecule has 34 heavy (non-hydrogen) atoms. The highest BCUT2D eigenvalue weighted by atomic mass is 16.2. The lowest BCUT2D eigenvalue weighted by molar-refractivity contribution is -0.136. The molecule has 2 N–H and O–H groups in total. The average Bonchev–Trinajstić information content (AvgIpc) is 3.28. The molecule has 1 aromatic rings. The zero-order valence-electron chi connectivity index (χ0n) is 19.4. The van der Waals surface area contributed by atoms with Gasteiger partial charge in [-0.3, -0.25) is 19.4 Å². The molecule has 0 aromatic heterocycles. The second-order valence-corrected chi connectivity index (χ2v) is 8.98. The summed E-state index contributed by atoms with van der Waals surface area (Å²) in [5.74, 6) is 1.10. The van der Waals surface area contributed by atoms with Crippen molar-refractivity contribution in [1.29, 1.82) is 0 Å². The number of hydrogen-bond acceptors (Lipinski definition) is 5. The van der Waals surface area contributed by atoms with Crippen molar-refractivity contribution < 1.29 is 9.59 Å². The number of benzene rings is 1. The summed E-state index contributed by atoms with van der Waals surface area (Å²) in [5.41, 5.74) is 3.94. The molecule has 0 radical (unpaired) electrons. The molecule has 4 aliphatic rings. The van der Waals surface area contributed by atoms with Crippen LogP contribution in [0.15, 0.2) is 89.7 Å². The first-order valence-electron chi connectivity index (χ1n) is 12.1. The Morgan fingerprint density at radius 1 is 1.03 bits per heavy atom. The second-order valence-electron chi connectivity index (χ2n) is 8.98. The van der Waals surface area contributed by atoms with Gasteiger partial charge in [0.05, 0.1) is 12.2 Å². The van der Waals surface area contributed by atoms with Gasteiger partial charge in [-0.2, -0.15) is 0 Å². The van der Waals surface area contributed by atoms with Crippen LogP contribution in [-0.4, -0.2) is 65.8 Å². The number of rotatable bonds is 9. The van der Waals surface area contributed by atoms with E-state index in [1.807, 2.05) is 47.5 Å². The van der Waals surface area contributed by atoms with Gasteiger partial charge in [-0.1, -0.05) is 36.4 Å². The third-order valence-electron chi connectivity index (χ3n) is 6.59. The van der Waals surface area contributed by atoms with Crippen LogP contribution in [-0.2, 0) is 16.0 Å². The Morgan fingerprint density at radius 3 is 2.76 bits per heavy atom. The smallest absolute Gasteiger partial charge is 0.251 e. The highest BCUT2D eigenvalue weighted by molar-refractivity contribution is 5.97. The number of carbonyl (C=O) groups excluding carboxylic acids is 2. The van der Waals surface area contributed by atoms with Crippen LogP contribution in [0.1, 0.15) is 18.4 Å². The maximum absolute atomic E-state index is 12.7. The maximum Gasteiger partial charge on any atom is 0.251 e. The molecule has 5 rings (SSSR count). The number of piperazine rings is 1. The fourth-order valence-electron chi connectivity index (χ4n) is 4.76. The average molecular weight is 458 g/mol. The minimum Gasteiger partial charge on any atom is -0.352 e. The predicted octanol–water partition coefficient (Wildman–Crippen LogP) is 2.25. The van der Waals surface area contributed by atoms with E-state index in [9.17, 15) is 9.59 Å². The normalized spacial score (nSPS) is 19.1. The predicted molar refractivity (Wildman–Crippen MR) is 132 cm³/mol. The van der Waals surface area contributed by atoms with E-state index in [2.05, 4.69) is 44.7 Å². The highest BCUT2D eigenvalue weighted by Crippen LogP contribution is 2.32. The lowest BCUT2D eigenvalue weighted by Gasteiger charge is -2.34. The molecular weight excluding hydrogens is 426 g/mol. The maximum atomic E-state index is 12.7. The Morgan fingerprint density at radius 2 is 1.91 bits per heavy atom. The summed E-state index contributed by atoms with van der Waals surface area (Å²) in [6.45, 7) is 4.34. The van der Waals surface area contributed by atoms with E-state index in [0.717, 1.165) is 56.1 Å². The molecule has 0 aliphatic carbocycles. The van der Waals surface area contributed by atoms with E-state index < -0.39 is 0 Å². The Balaban J connectivity index is 1.01. The molecule has 4 heterocycles. The van der Waals surface area contributed by atoms with Gasteiger partial charge >= 0.3 is 0 Å². The quantitative estimate of drug-likeness (QED) is 0.557. The number of amides is 2. The number of nitrogens with one attached hydrogen (secondary N) is 2. The van der Waals surface area contributed by atoms with E-state index in [4.69, 9.17) is 0 Å². The summed E-state index contributed by atoms with van der Waals surface area (Å²) < 4.78 is 0. The first kappa shape index (κ1) is 22.2. The topological polar surface area (TPSA) is 67.9 Å². The number of nitrogens with zero attached hydrogens (tertiary/aromatic N) is 3. The summed E-state index contributed by atoms with van der Waals surface area (Å²) in [6, 6.07) is 10.5. The number of aryl methyl sites for hydroxylation is 1. The lowest BCUT2D eigenvalue weighted by Crippen LogP contribution is -2.51. The minimum absolute atomic E-state index is 0.0842. The molecule has 0 spiro atoms. The fourth-order valence-corrected chi connectivity index (χ4v) is 4.76. The van der Waals surface area contributed by atoms with E-state index in [1.165, 1.54) is 5.56 Å². The van der Waals surface area contributed by atoms with Gasteiger partial charge in [0.2, 0.25) is 5.91 Å². The Kier molecular flexibility index (Phi) is 6.62. The molecule has 0 bridgehead atoms. The third-order valence-corrected chi connectivity index (χ3v) is 6.59. The van der Waals surface area contributed by atoms with Crippen molar-refractivity contribution in [3.8, 4) is 0 Å². The molecule has 1 fully saturated rings. The molecule has 1 saturated heterocycles. The molecule has 1 aromatic carbocycles. The molecule has 0 saturated carbocycles. The summed E-state index contributed by atoms with van der Waals surface area (Å²) in [4.78, 5) is 31.5. The van der Waals surface area contributed by atoms with Crippen LogP contribution >= 0.6 is 0 Å². The third kappa shape index (κ3) is 4.99. The van der Waals surface area contributed by atoms with E-state index in [-0.39, 0.29) is 11.8 Å². The first-order valence-corrected chi connectivity index (χ1v) is 12.1. The zero-order chi connectivity index (χ0) is 23.3. The van der Waals surface area contributed by atoms with Gasteiger partial charge in [0, 0.05) is 43.6 Å².